The molecule has 0 saturated carbocycles. The molecule has 2 heterocycles. The van der Waals surface area contributed by atoms with Gasteiger partial charge in [-0.3, -0.25) is 0 Å². The Kier molecular flexibility index (Phi) is 4.12. The van der Waals surface area contributed by atoms with E-state index in [0.29, 0.717) is 12.0 Å². The number of hydrogen-bond donors (Lipinski definition) is 1. The quantitative estimate of drug-likeness (QED) is 0.920. The molecule has 116 valence electrons. The number of nitrogens with one attached hydrogen (secondary N) is 1. The van der Waals surface area contributed by atoms with E-state index in [1.54, 1.807) is 0 Å². The van der Waals surface area contributed by atoms with Gasteiger partial charge in [0.1, 0.15) is 17.6 Å². The molecule has 0 spiro atoms. The minimum Gasteiger partial charge on any atom is -0.494 e. The van der Waals surface area contributed by atoms with Crippen molar-refractivity contribution in [3.8, 4) is 11.5 Å². The van der Waals surface area contributed by atoms with E-state index in [0.717, 1.165) is 37.5 Å². The van der Waals surface area contributed by atoms with Gasteiger partial charge in [-0.2, -0.15) is 0 Å². The van der Waals surface area contributed by atoms with Gasteiger partial charge in [-0.25, -0.2) is 0 Å². The van der Waals surface area contributed by atoms with Crippen LogP contribution >= 0.6 is 0 Å². The van der Waals surface area contributed by atoms with E-state index in [1.165, 1.54) is 23.1 Å². The molecule has 2 unspecified atom stereocenters. The summed E-state index contributed by atoms with van der Waals surface area (Å²) in [6.07, 6.45) is 3.54. The predicted octanol–water partition coefficient (Wildman–Crippen LogP) is 3.47. The lowest BCUT2D eigenvalue weighted by Gasteiger charge is -2.30. The molecule has 0 radical (unpaired) electrons. The van der Waals surface area contributed by atoms with Crippen molar-refractivity contribution >= 4 is 0 Å². The fourth-order valence-electron chi connectivity index (χ4n) is 3.64. The average molecular weight is 289 g/mol. The van der Waals surface area contributed by atoms with Crippen LogP contribution in [0.4, 0.5) is 0 Å². The highest BCUT2D eigenvalue weighted by Gasteiger charge is 2.31. The van der Waals surface area contributed by atoms with Gasteiger partial charge in [-0.15, -0.1) is 0 Å². The van der Waals surface area contributed by atoms with Gasteiger partial charge in [-0.1, -0.05) is 13.8 Å². The summed E-state index contributed by atoms with van der Waals surface area (Å²) in [6.45, 7) is 10.4. The third kappa shape index (κ3) is 2.89. The fourth-order valence-corrected chi connectivity index (χ4v) is 3.64. The van der Waals surface area contributed by atoms with Crippen molar-refractivity contribution in [2.24, 2.45) is 5.92 Å². The van der Waals surface area contributed by atoms with Gasteiger partial charge in [0.2, 0.25) is 0 Å². The lowest BCUT2D eigenvalue weighted by Crippen LogP contribution is -2.37. The second-order valence-electron chi connectivity index (χ2n) is 6.80. The lowest BCUT2D eigenvalue weighted by molar-refractivity contribution is 0.249. The van der Waals surface area contributed by atoms with Crippen LogP contribution in [0, 0.1) is 5.92 Å². The fraction of sp³-hybridized carbons (Fsp3) is 0.667. The van der Waals surface area contributed by atoms with Crippen LogP contribution in [-0.2, 0) is 19.4 Å². The molecule has 0 bridgehead atoms. The monoisotopic (exact) mass is 289 g/mol. The van der Waals surface area contributed by atoms with E-state index in [1.807, 2.05) is 0 Å². The zero-order valence-electron chi connectivity index (χ0n) is 13.7. The maximum Gasteiger partial charge on any atom is 0.128 e. The van der Waals surface area contributed by atoms with Gasteiger partial charge < -0.3 is 14.8 Å². The molecule has 3 nitrogen and oxygen atoms in total. The summed E-state index contributed by atoms with van der Waals surface area (Å²) in [5.41, 5.74) is 4.02. The molecule has 0 fully saturated rings. The van der Waals surface area contributed by atoms with Crippen LogP contribution in [-0.4, -0.2) is 18.8 Å². The van der Waals surface area contributed by atoms with E-state index >= 15 is 0 Å². The minimum absolute atomic E-state index is 0.286. The number of benzene rings is 1. The van der Waals surface area contributed by atoms with Crippen LogP contribution in [0.1, 0.15) is 50.8 Å². The summed E-state index contributed by atoms with van der Waals surface area (Å²) < 4.78 is 12.0. The van der Waals surface area contributed by atoms with E-state index < -0.39 is 0 Å². The third-order valence-corrected chi connectivity index (χ3v) is 4.43. The summed E-state index contributed by atoms with van der Waals surface area (Å²) in [5.74, 6) is 2.92. The zero-order chi connectivity index (χ0) is 15.0. The first-order valence-corrected chi connectivity index (χ1v) is 8.29. The van der Waals surface area contributed by atoms with Crippen LogP contribution in [0.5, 0.6) is 11.5 Å². The Bertz CT molecular complexity index is 524. The zero-order valence-corrected chi connectivity index (χ0v) is 13.7. The van der Waals surface area contributed by atoms with Crippen LogP contribution in [0.15, 0.2) is 6.07 Å². The molecule has 21 heavy (non-hydrogen) atoms. The predicted molar refractivity (Wildman–Crippen MR) is 85.2 cm³/mol. The first-order chi connectivity index (χ1) is 10.1. The molecule has 2 aliphatic heterocycles. The normalized spacial score (nSPS) is 23.7. The molecule has 2 atom stereocenters. The highest BCUT2D eigenvalue weighted by molar-refractivity contribution is 5.56. The Morgan fingerprint density at radius 2 is 2.14 bits per heavy atom. The third-order valence-electron chi connectivity index (χ3n) is 4.43. The van der Waals surface area contributed by atoms with Crippen LogP contribution < -0.4 is 14.8 Å². The van der Waals surface area contributed by atoms with Crippen molar-refractivity contribution in [1.82, 2.24) is 5.32 Å². The van der Waals surface area contributed by atoms with Crippen molar-refractivity contribution in [1.29, 1.82) is 0 Å². The van der Waals surface area contributed by atoms with Gasteiger partial charge in [0.05, 0.1) is 6.61 Å². The molecule has 0 aliphatic carbocycles. The van der Waals surface area contributed by atoms with Crippen molar-refractivity contribution in [3.63, 3.8) is 0 Å². The summed E-state index contributed by atoms with van der Waals surface area (Å²) in [6, 6.07) is 2.77. The molecule has 3 rings (SSSR count). The molecular weight excluding hydrogens is 262 g/mol. The Morgan fingerprint density at radius 1 is 1.33 bits per heavy atom. The lowest BCUT2D eigenvalue weighted by atomic mass is 9.88. The second-order valence-corrected chi connectivity index (χ2v) is 6.80. The van der Waals surface area contributed by atoms with Crippen molar-refractivity contribution in [2.45, 2.75) is 65.6 Å². The van der Waals surface area contributed by atoms with Crippen LogP contribution in [0.25, 0.3) is 0 Å². The Labute approximate surface area is 128 Å². The Hall–Kier alpha value is -1.22. The number of ether oxygens (including phenoxy) is 2. The molecule has 0 amide bonds. The van der Waals surface area contributed by atoms with E-state index in [-0.39, 0.29) is 6.10 Å². The van der Waals surface area contributed by atoms with Crippen molar-refractivity contribution in [3.05, 3.63) is 22.8 Å². The maximum atomic E-state index is 6.06. The Morgan fingerprint density at radius 3 is 2.86 bits per heavy atom. The first kappa shape index (κ1) is 14.7. The second kappa shape index (κ2) is 5.88. The van der Waals surface area contributed by atoms with Gasteiger partial charge in [0, 0.05) is 35.7 Å². The standard InChI is InChI=1S/C18H27NO2/c1-5-20-17-8-13-7-12(4)21-18(13)16-10-19-14(6-11(2)3)9-15(16)17/h8,11-12,14,19H,5-7,9-10H2,1-4H3. The van der Waals surface area contributed by atoms with Crippen LogP contribution in [0.3, 0.4) is 0 Å². The Balaban J connectivity index is 1.95. The molecule has 1 N–H and O–H groups in total. The summed E-state index contributed by atoms with van der Waals surface area (Å²) in [5, 5.41) is 3.68. The summed E-state index contributed by atoms with van der Waals surface area (Å²) in [7, 11) is 0. The average Bonchev–Trinajstić information content (AvgIpc) is 2.79. The molecule has 1 aromatic rings. The van der Waals surface area contributed by atoms with Crippen molar-refractivity contribution in [2.75, 3.05) is 6.61 Å². The van der Waals surface area contributed by atoms with E-state index in [4.69, 9.17) is 9.47 Å². The maximum absolute atomic E-state index is 6.06. The van der Waals surface area contributed by atoms with E-state index in [9.17, 15) is 0 Å². The van der Waals surface area contributed by atoms with Crippen LogP contribution in [0.2, 0.25) is 0 Å². The SMILES string of the molecule is CCOc1cc2c(c3c1CC(CC(C)C)NC3)OC(C)C2. The number of rotatable bonds is 4. The molecule has 3 heteroatoms. The highest BCUT2D eigenvalue weighted by Crippen LogP contribution is 2.42. The highest BCUT2D eigenvalue weighted by atomic mass is 16.5. The number of hydrogen-bond acceptors (Lipinski definition) is 3. The molecule has 1 aromatic carbocycles. The van der Waals surface area contributed by atoms with Gasteiger partial charge in [0.25, 0.3) is 0 Å². The van der Waals surface area contributed by atoms with Crippen molar-refractivity contribution < 1.29 is 9.47 Å². The molecule has 0 aromatic heterocycles. The van der Waals surface area contributed by atoms with Gasteiger partial charge in [0.15, 0.2) is 0 Å². The summed E-state index contributed by atoms with van der Waals surface area (Å²) >= 11 is 0. The van der Waals surface area contributed by atoms with Gasteiger partial charge >= 0.3 is 0 Å². The summed E-state index contributed by atoms with van der Waals surface area (Å²) in [4.78, 5) is 0. The first-order valence-electron chi connectivity index (χ1n) is 8.29. The van der Waals surface area contributed by atoms with E-state index in [2.05, 4.69) is 39.1 Å². The van der Waals surface area contributed by atoms with Gasteiger partial charge in [-0.05, 0) is 38.7 Å². The topological polar surface area (TPSA) is 30.5 Å². The molecule has 0 saturated heterocycles. The largest absolute Gasteiger partial charge is 0.494 e. The minimum atomic E-state index is 0.286. The number of fused-ring (bicyclic) bond motifs is 3. The smallest absolute Gasteiger partial charge is 0.128 e. The molecular formula is C18H27NO2. The molecule has 2 aliphatic rings.